The largest absolute Gasteiger partial charge is 0.390 e. The van der Waals surface area contributed by atoms with Crippen molar-refractivity contribution >= 4 is 5.91 Å². The van der Waals surface area contributed by atoms with Crippen LogP contribution >= 0.6 is 0 Å². The van der Waals surface area contributed by atoms with Crippen molar-refractivity contribution in [1.82, 2.24) is 5.32 Å². The fourth-order valence-electron chi connectivity index (χ4n) is 11.4. The van der Waals surface area contributed by atoms with Gasteiger partial charge in [-0.3, -0.25) is 4.79 Å². The van der Waals surface area contributed by atoms with E-state index in [1.807, 2.05) is 0 Å². The van der Waals surface area contributed by atoms with Crippen LogP contribution in [-0.4, -0.2) is 41.4 Å². The molecule has 3 unspecified atom stereocenters. The summed E-state index contributed by atoms with van der Waals surface area (Å²) in [5, 5.41) is 25.2. The van der Waals surface area contributed by atoms with Crippen LogP contribution in [0.1, 0.15) is 99.8 Å². The van der Waals surface area contributed by atoms with Crippen molar-refractivity contribution in [3.05, 3.63) is 11.6 Å². The Balaban J connectivity index is 1.59. The molecule has 5 N–H and O–H groups in total. The van der Waals surface area contributed by atoms with Crippen molar-refractivity contribution in [3.8, 4) is 0 Å². The van der Waals surface area contributed by atoms with Crippen molar-refractivity contribution in [2.75, 3.05) is 13.1 Å². The minimum atomic E-state index is -0.666. The highest BCUT2D eigenvalue weighted by Crippen LogP contribution is 2.75. The predicted molar refractivity (Wildman–Crippen MR) is 148 cm³/mol. The second kappa shape index (κ2) is 8.80. The van der Waals surface area contributed by atoms with Gasteiger partial charge in [0.05, 0.1) is 17.6 Å². The molecule has 0 saturated heterocycles. The van der Waals surface area contributed by atoms with Crippen LogP contribution in [0.3, 0.4) is 0 Å². The summed E-state index contributed by atoms with van der Waals surface area (Å²) in [6, 6.07) is 0. The van der Waals surface area contributed by atoms with Gasteiger partial charge in [-0.2, -0.15) is 0 Å². The molecule has 0 aromatic rings. The molecule has 5 aliphatic carbocycles. The highest BCUT2D eigenvalue weighted by atomic mass is 16.3. The topological polar surface area (TPSA) is 95.6 Å². The third kappa shape index (κ3) is 3.48. The van der Waals surface area contributed by atoms with E-state index in [4.69, 9.17) is 5.73 Å². The molecule has 0 aliphatic heterocycles. The standard InChI is InChI=1S/C32H54N2O3/c1-19-10-13-32(27(37)34-17-16-33)15-14-30(6)21(25(32)20(19)2)8-9-24-29(5)18-22(35)26(36)28(3,4)23(29)11-12-31(24,30)7/h8,19-20,22-26,35-36H,9-18,33H2,1-7H3,(H,34,37)/t19-,20+,22-,23?,24?,25?,26+,29+,30-,31-,32+/m1/s1. The van der Waals surface area contributed by atoms with Gasteiger partial charge in [0.1, 0.15) is 0 Å². The number of amides is 1. The smallest absolute Gasteiger partial charge is 0.226 e. The van der Waals surface area contributed by atoms with E-state index in [9.17, 15) is 15.0 Å². The Hall–Kier alpha value is -0.910. The molecule has 0 heterocycles. The highest BCUT2D eigenvalue weighted by Gasteiger charge is 2.70. The van der Waals surface area contributed by atoms with E-state index in [2.05, 4.69) is 59.9 Å². The zero-order chi connectivity index (χ0) is 27.2. The molecule has 0 bridgehead atoms. The molecule has 1 amide bonds. The van der Waals surface area contributed by atoms with Crippen molar-refractivity contribution in [3.63, 3.8) is 0 Å². The number of nitrogens with two attached hydrogens (primary N) is 1. The minimum absolute atomic E-state index is 0.0152. The van der Waals surface area contributed by atoms with Gasteiger partial charge in [0.25, 0.3) is 0 Å². The lowest BCUT2D eigenvalue weighted by Gasteiger charge is -2.71. The second-order valence-corrected chi connectivity index (χ2v) is 15.4. The zero-order valence-corrected chi connectivity index (χ0v) is 24.6. The average Bonchev–Trinajstić information content (AvgIpc) is 2.83. The van der Waals surface area contributed by atoms with E-state index in [1.165, 1.54) is 0 Å². The highest BCUT2D eigenvalue weighted by molar-refractivity contribution is 5.84. The fraction of sp³-hybridized carbons (Fsp3) is 0.906. The molecule has 5 heteroatoms. The van der Waals surface area contributed by atoms with Crippen molar-refractivity contribution in [2.45, 2.75) is 112 Å². The molecular formula is C32H54N2O3. The summed E-state index contributed by atoms with van der Waals surface area (Å²) in [5.41, 5.74) is 6.88. The van der Waals surface area contributed by atoms with Gasteiger partial charge in [0.15, 0.2) is 0 Å². The summed E-state index contributed by atoms with van der Waals surface area (Å²) in [6.45, 7) is 17.7. The summed E-state index contributed by atoms with van der Waals surface area (Å²) < 4.78 is 0. The summed E-state index contributed by atoms with van der Waals surface area (Å²) in [7, 11) is 0. The molecule has 0 aromatic heterocycles. The monoisotopic (exact) mass is 514 g/mol. The maximum Gasteiger partial charge on any atom is 0.226 e. The molecule has 4 fully saturated rings. The normalized spacial score (nSPS) is 52.6. The second-order valence-electron chi connectivity index (χ2n) is 15.4. The summed E-state index contributed by atoms with van der Waals surface area (Å²) in [6.07, 6.45) is 9.31. The van der Waals surface area contributed by atoms with Gasteiger partial charge >= 0.3 is 0 Å². The van der Waals surface area contributed by atoms with Gasteiger partial charge in [0, 0.05) is 13.1 Å². The van der Waals surface area contributed by atoms with Crippen LogP contribution in [0, 0.1) is 56.7 Å². The van der Waals surface area contributed by atoms with E-state index in [0.29, 0.717) is 43.2 Å². The quantitative estimate of drug-likeness (QED) is 0.396. The SMILES string of the molecule is C[C@@H]1CC[C@]2(C(=O)NCCN)CC[C@]3(C)C(=CCC4[C@@]5(C)C[C@@H](O)[C@H](O)C(C)(C)C5CC[C@]43C)C2[C@H]1C. The molecule has 5 aliphatic rings. The van der Waals surface area contributed by atoms with Crippen LogP contribution in [0.15, 0.2) is 11.6 Å². The number of rotatable bonds is 3. The molecule has 11 atom stereocenters. The number of carbonyl (C=O) groups excluding carboxylic acids is 1. The van der Waals surface area contributed by atoms with Crippen LogP contribution in [0.25, 0.3) is 0 Å². The Morgan fingerprint density at radius 1 is 1.03 bits per heavy atom. The fourth-order valence-corrected chi connectivity index (χ4v) is 11.4. The van der Waals surface area contributed by atoms with Gasteiger partial charge < -0.3 is 21.3 Å². The Morgan fingerprint density at radius 3 is 2.41 bits per heavy atom. The molecule has 0 radical (unpaired) electrons. The van der Waals surface area contributed by atoms with E-state index < -0.39 is 12.2 Å². The lowest BCUT2D eigenvalue weighted by Crippen LogP contribution is -2.67. The van der Waals surface area contributed by atoms with E-state index in [0.717, 1.165) is 44.9 Å². The number of aliphatic hydroxyl groups excluding tert-OH is 2. The Morgan fingerprint density at radius 2 is 1.73 bits per heavy atom. The molecule has 37 heavy (non-hydrogen) atoms. The van der Waals surface area contributed by atoms with Gasteiger partial charge in [-0.1, -0.05) is 60.1 Å². The Labute approximate surface area is 225 Å². The lowest BCUT2D eigenvalue weighted by molar-refractivity contribution is -0.231. The summed E-state index contributed by atoms with van der Waals surface area (Å²) >= 11 is 0. The molecule has 210 valence electrons. The third-order valence-corrected chi connectivity index (χ3v) is 13.8. The number of hydrogen-bond acceptors (Lipinski definition) is 4. The van der Waals surface area contributed by atoms with Gasteiger partial charge in [0.2, 0.25) is 5.91 Å². The predicted octanol–water partition coefficient (Wildman–Crippen LogP) is 5.05. The van der Waals surface area contributed by atoms with Gasteiger partial charge in [-0.25, -0.2) is 0 Å². The summed E-state index contributed by atoms with van der Waals surface area (Å²) in [5.74, 6) is 2.46. The number of carbonyl (C=O) groups is 1. The first-order chi connectivity index (χ1) is 17.2. The molecule has 5 nitrogen and oxygen atoms in total. The van der Waals surface area contributed by atoms with Crippen LogP contribution in [0.5, 0.6) is 0 Å². The maximum atomic E-state index is 13.8. The molecular weight excluding hydrogens is 460 g/mol. The van der Waals surface area contributed by atoms with Crippen LogP contribution < -0.4 is 11.1 Å². The van der Waals surface area contributed by atoms with E-state index >= 15 is 0 Å². The van der Waals surface area contributed by atoms with Gasteiger partial charge in [-0.05, 0) is 103 Å². The first kappa shape index (κ1) is 27.6. The Bertz CT molecular complexity index is 962. The third-order valence-electron chi connectivity index (χ3n) is 13.8. The van der Waals surface area contributed by atoms with Gasteiger partial charge in [-0.15, -0.1) is 0 Å². The minimum Gasteiger partial charge on any atom is -0.390 e. The first-order valence-corrected chi connectivity index (χ1v) is 15.3. The molecule has 4 saturated carbocycles. The maximum absolute atomic E-state index is 13.8. The molecule has 0 spiro atoms. The Kier molecular flexibility index (Phi) is 6.57. The zero-order valence-electron chi connectivity index (χ0n) is 24.6. The van der Waals surface area contributed by atoms with Crippen molar-refractivity contribution < 1.29 is 15.0 Å². The average molecular weight is 515 g/mol. The van der Waals surface area contributed by atoms with Crippen molar-refractivity contribution in [1.29, 1.82) is 0 Å². The molecule has 5 rings (SSSR count). The number of aliphatic hydroxyl groups is 2. The summed E-state index contributed by atoms with van der Waals surface area (Å²) in [4.78, 5) is 13.8. The van der Waals surface area contributed by atoms with E-state index in [1.54, 1.807) is 5.57 Å². The van der Waals surface area contributed by atoms with Crippen molar-refractivity contribution in [2.24, 2.45) is 62.4 Å². The van der Waals surface area contributed by atoms with Crippen LogP contribution in [0.2, 0.25) is 0 Å². The number of nitrogens with one attached hydrogen (secondary N) is 1. The van der Waals surface area contributed by atoms with E-state index in [-0.39, 0.29) is 38.9 Å². The first-order valence-electron chi connectivity index (χ1n) is 15.3. The van der Waals surface area contributed by atoms with Crippen LogP contribution in [-0.2, 0) is 4.79 Å². The number of allylic oxidation sites excluding steroid dienone is 2. The number of hydrogen-bond donors (Lipinski definition) is 4. The van der Waals surface area contributed by atoms with Crippen LogP contribution in [0.4, 0.5) is 0 Å². The lowest BCUT2D eigenvalue weighted by atomic mass is 9.33. The molecule has 0 aromatic carbocycles. The number of fused-ring (bicyclic) bond motifs is 7.